The van der Waals surface area contributed by atoms with Gasteiger partial charge in [-0.25, -0.2) is 0 Å². The van der Waals surface area contributed by atoms with Gasteiger partial charge in [0.1, 0.15) is 0 Å². The smallest absolute Gasteiger partial charge is 0.192 e. The molecule has 1 heterocycles. The first-order valence-electron chi connectivity index (χ1n) is 7.42. The van der Waals surface area contributed by atoms with Crippen LogP contribution in [0.4, 0.5) is 0 Å². The first kappa shape index (κ1) is 16.9. The molecule has 0 aromatic heterocycles. The van der Waals surface area contributed by atoms with Gasteiger partial charge in [0.15, 0.2) is 8.32 Å². The van der Waals surface area contributed by atoms with Crippen LogP contribution in [0.15, 0.2) is 12.2 Å². The maximum absolute atomic E-state index is 10.4. The van der Waals surface area contributed by atoms with Gasteiger partial charge in [0.25, 0.3) is 0 Å². The number of aliphatic hydroxyl groups is 1. The molecule has 1 spiro atoms. The molecule has 2 unspecified atom stereocenters. The third-order valence-corrected chi connectivity index (χ3v) is 12.9. The molecule has 1 saturated carbocycles. The summed E-state index contributed by atoms with van der Waals surface area (Å²) in [4.78, 5) is 0. The van der Waals surface area contributed by atoms with E-state index in [9.17, 15) is 5.11 Å². The largest absolute Gasteiger partial charge is 0.410 e. The number of hydrogen-bond acceptors (Lipinski definition) is 4. The summed E-state index contributed by atoms with van der Waals surface area (Å²) in [5.41, 5.74) is 0.901. The summed E-state index contributed by atoms with van der Waals surface area (Å²) in [7, 11) is 2.08. The summed E-state index contributed by atoms with van der Waals surface area (Å²) < 4.78 is 6.78. The first-order valence-corrected chi connectivity index (χ1v) is 12.6. The van der Waals surface area contributed by atoms with Gasteiger partial charge in [-0.2, -0.15) is 0 Å². The summed E-state index contributed by atoms with van der Waals surface area (Å²) in [6.07, 6.45) is 2.69. The van der Waals surface area contributed by atoms with E-state index in [0.29, 0.717) is 0 Å². The lowest BCUT2D eigenvalue weighted by Gasteiger charge is -2.46. The minimum Gasteiger partial charge on any atom is -0.410 e. The van der Waals surface area contributed by atoms with Crippen LogP contribution in [0, 0.1) is 0 Å². The lowest BCUT2D eigenvalue weighted by atomic mass is 9.80. The van der Waals surface area contributed by atoms with Crippen molar-refractivity contribution in [1.29, 1.82) is 0 Å². The molecule has 1 aliphatic heterocycles. The molecular formula is C15H28O2S2Si. The average Bonchev–Trinajstić information content (AvgIpc) is 2.72. The van der Waals surface area contributed by atoms with Gasteiger partial charge in [0.05, 0.1) is 12.2 Å². The van der Waals surface area contributed by atoms with Crippen LogP contribution >= 0.6 is 21.6 Å². The van der Waals surface area contributed by atoms with Gasteiger partial charge in [-0.15, -0.1) is 0 Å². The molecule has 0 aromatic rings. The van der Waals surface area contributed by atoms with Crippen molar-refractivity contribution >= 4 is 29.9 Å². The maximum Gasteiger partial charge on any atom is 0.192 e. The Morgan fingerprint density at radius 1 is 1.35 bits per heavy atom. The molecule has 0 radical (unpaired) electrons. The summed E-state index contributed by atoms with van der Waals surface area (Å²) in [6, 6.07) is 0. The highest BCUT2D eigenvalue weighted by Gasteiger charge is 2.48. The van der Waals surface area contributed by atoms with Crippen molar-refractivity contribution in [3.63, 3.8) is 0 Å². The summed E-state index contributed by atoms with van der Waals surface area (Å²) >= 11 is 0. The summed E-state index contributed by atoms with van der Waals surface area (Å²) in [6.45, 7) is 15.5. The Bertz CT molecular complexity index is 384. The van der Waals surface area contributed by atoms with E-state index in [1.807, 2.05) is 21.6 Å². The third kappa shape index (κ3) is 3.32. The highest BCUT2D eigenvalue weighted by atomic mass is 33.1. The predicted molar refractivity (Wildman–Crippen MR) is 93.8 cm³/mol. The number of aliphatic hydroxyl groups excluding tert-OH is 1. The second-order valence-corrected chi connectivity index (χ2v) is 15.3. The van der Waals surface area contributed by atoms with Gasteiger partial charge in [-0.1, -0.05) is 48.9 Å². The lowest BCUT2D eigenvalue weighted by Crippen LogP contribution is -2.50. The van der Waals surface area contributed by atoms with Crippen molar-refractivity contribution in [2.75, 3.05) is 5.75 Å². The second kappa shape index (κ2) is 5.65. The molecule has 116 valence electrons. The Balaban J connectivity index is 2.15. The molecule has 1 saturated heterocycles. The van der Waals surface area contributed by atoms with Gasteiger partial charge < -0.3 is 9.53 Å². The monoisotopic (exact) mass is 332 g/mol. The minimum absolute atomic E-state index is 0.0332. The zero-order valence-electron chi connectivity index (χ0n) is 13.4. The molecule has 2 fully saturated rings. The quantitative estimate of drug-likeness (QED) is 0.454. The van der Waals surface area contributed by atoms with Crippen LogP contribution in [-0.4, -0.2) is 36.1 Å². The van der Waals surface area contributed by atoms with E-state index < -0.39 is 14.4 Å². The molecule has 1 N–H and O–H groups in total. The normalized spacial score (nSPS) is 35.8. The lowest BCUT2D eigenvalue weighted by molar-refractivity contribution is 0.0870. The fourth-order valence-electron chi connectivity index (χ4n) is 2.61. The Morgan fingerprint density at radius 3 is 2.50 bits per heavy atom. The Hall–Kier alpha value is 0.577. The van der Waals surface area contributed by atoms with E-state index in [2.05, 4.69) is 40.4 Å². The van der Waals surface area contributed by atoms with Gasteiger partial charge in [-0.3, -0.25) is 0 Å². The Kier molecular flexibility index (Phi) is 4.79. The molecule has 2 aliphatic rings. The standard InChI is InChI=1S/C15H28O2S2Si/c1-11-12(16)9-15(7-8-18-19-15)10-13(11)17-20(5,6)14(2,3)4/h12-13,16H,1,7-10H2,2-6H3/t12?,13-,15?/m1/s1. The average molecular weight is 333 g/mol. The zero-order valence-corrected chi connectivity index (χ0v) is 16.0. The number of rotatable bonds is 2. The molecule has 20 heavy (non-hydrogen) atoms. The van der Waals surface area contributed by atoms with Gasteiger partial charge in [0.2, 0.25) is 0 Å². The van der Waals surface area contributed by atoms with E-state index in [-0.39, 0.29) is 15.9 Å². The molecule has 0 bridgehead atoms. The minimum atomic E-state index is -1.82. The second-order valence-electron chi connectivity index (χ2n) is 7.70. The predicted octanol–water partition coefficient (Wildman–Crippen LogP) is 4.61. The Labute approximate surface area is 132 Å². The van der Waals surface area contributed by atoms with Gasteiger partial charge in [-0.05, 0) is 43.0 Å². The van der Waals surface area contributed by atoms with Crippen molar-refractivity contribution in [1.82, 2.24) is 0 Å². The van der Waals surface area contributed by atoms with E-state index in [0.717, 1.165) is 18.4 Å². The fraction of sp³-hybridized carbons (Fsp3) is 0.867. The first-order chi connectivity index (χ1) is 9.06. The van der Waals surface area contributed by atoms with Crippen molar-refractivity contribution < 1.29 is 9.53 Å². The molecule has 0 aromatic carbocycles. The third-order valence-electron chi connectivity index (χ3n) is 5.08. The highest BCUT2D eigenvalue weighted by Crippen LogP contribution is 2.55. The molecule has 2 nitrogen and oxygen atoms in total. The van der Waals surface area contributed by atoms with Crippen molar-refractivity contribution in [3.8, 4) is 0 Å². The van der Waals surface area contributed by atoms with Gasteiger partial charge in [0, 0.05) is 10.5 Å². The van der Waals surface area contributed by atoms with Gasteiger partial charge >= 0.3 is 0 Å². The number of hydrogen-bond donors (Lipinski definition) is 1. The SMILES string of the molecule is C=C1C(O)CC2(CCSS2)C[C@H]1O[Si](C)(C)C(C)(C)C. The van der Waals surface area contributed by atoms with Crippen LogP contribution in [-0.2, 0) is 4.43 Å². The van der Waals surface area contributed by atoms with E-state index in [1.165, 1.54) is 12.2 Å². The van der Waals surface area contributed by atoms with E-state index in [1.54, 1.807) is 0 Å². The van der Waals surface area contributed by atoms with Crippen LogP contribution in [0.5, 0.6) is 0 Å². The molecule has 0 amide bonds. The molecule has 3 atom stereocenters. The zero-order chi connectivity index (χ0) is 15.2. The van der Waals surface area contributed by atoms with E-state index in [4.69, 9.17) is 4.43 Å². The summed E-state index contributed by atoms with van der Waals surface area (Å²) in [5, 5.41) is 10.6. The molecular weight excluding hydrogens is 304 g/mol. The molecule has 1 aliphatic carbocycles. The van der Waals surface area contributed by atoms with Crippen molar-refractivity contribution in [3.05, 3.63) is 12.2 Å². The molecule has 2 rings (SSSR count). The highest BCUT2D eigenvalue weighted by molar-refractivity contribution is 8.77. The van der Waals surface area contributed by atoms with Crippen LogP contribution in [0.1, 0.15) is 40.0 Å². The fourth-order valence-corrected chi connectivity index (χ4v) is 7.38. The molecule has 5 heteroatoms. The van der Waals surface area contributed by atoms with Crippen LogP contribution < -0.4 is 0 Å². The topological polar surface area (TPSA) is 29.5 Å². The maximum atomic E-state index is 10.4. The summed E-state index contributed by atoms with van der Waals surface area (Å²) in [5.74, 6) is 1.19. The van der Waals surface area contributed by atoms with Crippen LogP contribution in [0.25, 0.3) is 0 Å². The van der Waals surface area contributed by atoms with Crippen molar-refractivity contribution in [2.45, 2.75) is 75.1 Å². The van der Waals surface area contributed by atoms with E-state index >= 15 is 0 Å². The van der Waals surface area contributed by atoms with Crippen LogP contribution in [0.3, 0.4) is 0 Å². The Morgan fingerprint density at radius 2 is 2.00 bits per heavy atom. The van der Waals surface area contributed by atoms with Crippen LogP contribution in [0.2, 0.25) is 18.1 Å². The van der Waals surface area contributed by atoms with Crippen molar-refractivity contribution in [2.24, 2.45) is 0 Å².